The van der Waals surface area contributed by atoms with Gasteiger partial charge in [0.15, 0.2) is 12.4 Å². The Morgan fingerprint density at radius 1 is 1.04 bits per heavy atom. The topological polar surface area (TPSA) is 46.6 Å². The fourth-order valence-corrected chi connectivity index (χ4v) is 2.95. The lowest BCUT2D eigenvalue weighted by atomic mass is 10.1. The number of allylic oxidation sites excluding steroid dienone is 1. The first-order chi connectivity index (χ1) is 12.6. The molecule has 0 radical (unpaired) electrons. The van der Waals surface area contributed by atoms with E-state index in [1.807, 2.05) is 42.2 Å². The van der Waals surface area contributed by atoms with Crippen molar-refractivity contribution in [1.82, 2.24) is 4.90 Å². The molecule has 4 heteroatoms. The molecule has 1 heterocycles. The summed E-state index contributed by atoms with van der Waals surface area (Å²) < 4.78 is 5.54. The van der Waals surface area contributed by atoms with E-state index in [2.05, 4.69) is 0 Å². The number of nitrogens with zero attached hydrogens (tertiary/aromatic N) is 1. The number of likely N-dealkylation sites (tertiary alicyclic amines) is 1. The van der Waals surface area contributed by atoms with Crippen molar-refractivity contribution in [3.63, 3.8) is 0 Å². The van der Waals surface area contributed by atoms with Crippen molar-refractivity contribution in [3.8, 4) is 5.75 Å². The van der Waals surface area contributed by atoms with Crippen LogP contribution in [-0.2, 0) is 4.79 Å². The highest BCUT2D eigenvalue weighted by Crippen LogP contribution is 2.15. The van der Waals surface area contributed by atoms with Crippen LogP contribution >= 0.6 is 0 Å². The molecule has 2 aromatic rings. The van der Waals surface area contributed by atoms with Crippen LogP contribution in [0.3, 0.4) is 0 Å². The van der Waals surface area contributed by atoms with Crippen LogP contribution in [0.5, 0.6) is 5.75 Å². The fraction of sp³-hybridized carbons (Fsp3) is 0.273. The Bertz CT molecular complexity index is 802. The quantitative estimate of drug-likeness (QED) is 0.587. The smallest absolute Gasteiger partial charge is 0.260 e. The Labute approximate surface area is 154 Å². The highest BCUT2D eigenvalue weighted by atomic mass is 16.5. The maximum atomic E-state index is 12.3. The number of hydrogen-bond acceptors (Lipinski definition) is 3. The number of hydrogen-bond donors (Lipinski definition) is 0. The second kappa shape index (κ2) is 8.48. The van der Waals surface area contributed by atoms with Crippen molar-refractivity contribution in [1.29, 1.82) is 0 Å². The first kappa shape index (κ1) is 17.9. The number of ketones is 1. The van der Waals surface area contributed by atoms with E-state index in [1.165, 1.54) is 0 Å². The van der Waals surface area contributed by atoms with E-state index < -0.39 is 0 Å². The first-order valence-electron chi connectivity index (χ1n) is 8.92. The van der Waals surface area contributed by atoms with E-state index in [0.29, 0.717) is 11.3 Å². The minimum atomic E-state index is -0.0621. The van der Waals surface area contributed by atoms with Gasteiger partial charge in [-0.1, -0.05) is 30.3 Å². The predicted octanol–water partition coefficient (Wildman–Crippen LogP) is 3.89. The van der Waals surface area contributed by atoms with Gasteiger partial charge in [-0.3, -0.25) is 9.59 Å². The van der Waals surface area contributed by atoms with Crippen molar-refractivity contribution in [3.05, 3.63) is 71.3 Å². The van der Waals surface area contributed by atoms with Gasteiger partial charge in [0, 0.05) is 18.7 Å². The summed E-state index contributed by atoms with van der Waals surface area (Å²) in [5.41, 5.74) is 2.75. The average molecular weight is 349 g/mol. The van der Waals surface area contributed by atoms with Crippen LogP contribution in [0, 0.1) is 6.92 Å². The molecule has 2 aromatic carbocycles. The highest BCUT2D eigenvalue weighted by molar-refractivity contribution is 6.06. The van der Waals surface area contributed by atoms with Crippen molar-refractivity contribution >= 4 is 17.8 Å². The molecular formula is C22H23NO3. The van der Waals surface area contributed by atoms with Gasteiger partial charge >= 0.3 is 0 Å². The predicted molar refractivity (Wildman–Crippen MR) is 102 cm³/mol. The summed E-state index contributed by atoms with van der Waals surface area (Å²) >= 11 is 0. The van der Waals surface area contributed by atoms with Gasteiger partial charge in [-0.2, -0.15) is 0 Å². The van der Waals surface area contributed by atoms with Crippen molar-refractivity contribution in [2.75, 3.05) is 19.7 Å². The summed E-state index contributed by atoms with van der Waals surface area (Å²) in [4.78, 5) is 26.1. The Balaban J connectivity index is 1.55. The molecule has 134 valence electrons. The van der Waals surface area contributed by atoms with Crippen molar-refractivity contribution < 1.29 is 14.3 Å². The van der Waals surface area contributed by atoms with E-state index in [-0.39, 0.29) is 18.3 Å². The van der Waals surface area contributed by atoms with Crippen molar-refractivity contribution in [2.45, 2.75) is 19.8 Å². The summed E-state index contributed by atoms with van der Waals surface area (Å²) in [7, 11) is 0. The zero-order valence-corrected chi connectivity index (χ0v) is 15.0. The van der Waals surface area contributed by atoms with E-state index >= 15 is 0 Å². The number of aryl methyl sites for hydroxylation is 1. The number of ether oxygens (including phenoxy) is 1. The minimum Gasteiger partial charge on any atom is -0.484 e. The van der Waals surface area contributed by atoms with Gasteiger partial charge in [0.25, 0.3) is 5.91 Å². The lowest BCUT2D eigenvalue weighted by molar-refractivity contribution is -0.132. The van der Waals surface area contributed by atoms with Gasteiger partial charge < -0.3 is 9.64 Å². The second-order valence-electron chi connectivity index (χ2n) is 6.46. The number of rotatable bonds is 6. The van der Waals surface area contributed by atoms with Crippen LogP contribution < -0.4 is 4.74 Å². The van der Waals surface area contributed by atoms with Crippen molar-refractivity contribution in [2.24, 2.45) is 0 Å². The van der Waals surface area contributed by atoms with Gasteiger partial charge in [0.1, 0.15) is 5.75 Å². The summed E-state index contributed by atoms with van der Waals surface area (Å²) in [6.07, 6.45) is 5.54. The highest BCUT2D eigenvalue weighted by Gasteiger charge is 2.18. The number of carbonyl (C=O) groups excluding carboxylic acids is 2. The first-order valence-corrected chi connectivity index (χ1v) is 8.92. The molecule has 0 aliphatic carbocycles. The van der Waals surface area contributed by atoms with Gasteiger partial charge in [0.05, 0.1) is 0 Å². The van der Waals surface area contributed by atoms with E-state index in [1.54, 1.807) is 30.3 Å². The molecule has 0 N–H and O–H groups in total. The third kappa shape index (κ3) is 4.60. The zero-order valence-electron chi connectivity index (χ0n) is 15.0. The molecule has 4 nitrogen and oxygen atoms in total. The Morgan fingerprint density at radius 3 is 2.42 bits per heavy atom. The molecule has 1 aliphatic heterocycles. The standard InChI is InChI=1S/C22H23NO3/c1-17-6-2-3-7-18(17)10-13-21(24)19-8-11-20(12-9-19)26-16-22(25)23-14-4-5-15-23/h2-3,6-13H,4-5,14-16H2,1H3/b13-10+. The zero-order chi connectivity index (χ0) is 18.4. The van der Waals surface area contributed by atoms with Gasteiger partial charge in [-0.25, -0.2) is 0 Å². The van der Waals surface area contributed by atoms with E-state index in [4.69, 9.17) is 4.74 Å². The molecule has 0 saturated carbocycles. The van der Waals surface area contributed by atoms with Crippen LogP contribution in [0.15, 0.2) is 54.6 Å². The number of benzene rings is 2. The molecule has 3 rings (SSSR count). The van der Waals surface area contributed by atoms with Gasteiger partial charge in [-0.05, 0) is 61.2 Å². The number of carbonyl (C=O) groups is 2. The third-order valence-corrected chi connectivity index (χ3v) is 4.56. The lowest BCUT2D eigenvalue weighted by Crippen LogP contribution is -2.32. The monoisotopic (exact) mass is 349 g/mol. The lowest BCUT2D eigenvalue weighted by Gasteiger charge is -2.15. The summed E-state index contributed by atoms with van der Waals surface area (Å²) in [6, 6.07) is 14.8. The molecule has 1 amide bonds. The van der Waals surface area contributed by atoms with E-state index in [0.717, 1.165) is 37.1 Å². The summed E-state index contributed by atoms with van der Waals surface area (Å²) in [5, 5.41) is 0. The molecule has 1 aliphatic rings. The summed E-state index contributed by atoms with van der Waals surface area (Å²) in [5.74, 6) is 0.550. The Morgan fingerprint density at radius 2 is 1.73 bits per heavy atom. The van der Waals surface area contributed by atoms with Crippen LogP contribution in [0.4, 0.5) is 0 Å². The molecular weight excluding hydrogens is 326 g/mol. The van der Waals surface area contributed by atoms with Gasteiger partial charge in [0.2, 0.25) is 0 Å². The number of amides is 1. The van der Waals surface area contributed by atoms with Crippen LogP contribution in [0.2, 0.25) is 0 Å². The maximum Gasteiger partial charge on any atom is 0.260 e. The SMILES string of the molecule is Cc1ccccc1/C=C/C(=O)c1ccc(OCC(=O)N2CCCC2)cc1. The molecule has 0 bridgehead atoms. The van der Waals surface area contributed by atoms with Gasteiger partial charge in [-0.15, -0.1) is 0 Å². The fourth-order valence-electron chi connectivity index (χ4n) is 2.95. The molecule has 26 heavy (non-hydrogen) atoms. The molecule has 1 saturated heterocycles. The Hall–Kier alpha value is -2.88. The molecule has 0 spiro atoms. The Kier molecular flexibility index (Phi) is 5.84. The molecule has 0 aromatic heterocycles. The maximum absolute atomic E-state index is 12.3. The largest absolute Gasteiger partial charge is 0.484 e. The van der Waals surface area contributed by atoms with Crippen LogP contribution in [-0.4, -0.2) is 36.3 Å². The van der Waals surface area contributed by atoms with Crippen LogP contribution in [0.25, 0.3) is 6.08 Å². The minimum absolute atomic E-state index is 0.0174. The summed E-state index contributed by atoms with van der Waals surface area (Å²) in [6.45, 7) is 3.70. The molecule has 0 atom stereocenters. The molecule has 1 fully saturated rings. The molecule has 0 unspecified atom stereocenters. The average Bonchev–Trinajstić information content (AvgIpc) is 3.20. The normalized spacial score (nSPS) is 14.0. The third-order valence-electron chi connectivity index (χ3n) is 4.56. The van der Waals surface area contributed by atoms with Crippen LogP contribution in [0.1, 0.15) is 34.3 Å². The second-order valence-corrected chi connectivity index (χ2v) is 6.46. The van der Waals surface area contributed by atoms with E-state index in [9.17, 15) is 9.59 Å².